The summed E-state index contributed by atoms with van der Waals surface area (Å²) >= 11 is 0. The third-order valence-electron chi connectivity index (χ3n) is 4.89. The average Bonchev–Trinajstić information content (AvgIpc) is 3.20. The summed E-state index contributed by atoms with van der Waals surface area (Å²) in [5, 5.41) is 4.52. The molecule has 27 heavy (non-hydrogen) atoms. The lowest BCUT2D eigenvalue weighted by Gasteiger charge is -2.26. The fraction of sp³-hybridized carbons (Fsp3) is 0.368. The van der Waals surface area contributed by atoms with Gasteiger partial charge in [0, 0.05) is 37.8 Å². The Bertz CT molecular complexity index is 1080. The first kappa shape index (κ1) is 17.9. The van der Waals surface area contributed by atoms with Crippen LogP contribution in [0.1, 0.15) is 28.1 Å². The van der Waals surface area contributed by atoms with Crippen molar-refractivity contribution in [1.29, 1.82) is 0 Å². The van der Waals surface area contributed by atoms with Gasteiger partial charge in [-0.15, -0.1) is 0 Å². The first-order chi connectivity index (χ1) is 12.8. The lowest BCUT2D eigenvalue weighted by atomic mass is 10.1. The minimum atomic E-state index is -3.43. The van der Waals surface area contributed by atoms with E-state index >= 15 is 0 Å². The highest BCUT2D eigenvalue weighted by atomic mass is 32.2. The first-order valence-corrected chi connectivity index (χ1v) is 10.5. The molecular formula is C19H22N4O3S. The molecule has 0 radical (unpaired) electrons. The molecule has 4 rings (SSSR count). The van der Waals surface area contributed by atoms with Crippen LogP contribution in [0.5, 0.6) is 0 Å². The van der Waals surface area contributed by atoms with Crippen LogP contribution >= 0.6 is 0 Å². The number of fused-ring (bicyclic) bond motifs is 1. The van der Waals surface area contributed by atoms with Crippen LogP contribution in [0.2, 0.25) is 0 Å². The molecule has 0 atom stereocenters. The second-order valence-corrected chi connectivity index (χ2v) is 8.97. The van der Waals surface area contributed by atoms with E-state index in [4.69, 9.17) is 4.42 Å². The van der Waals surface area contributed by atoms with Crippen molar-refractivity contribution in [1.82, 2.24) is 19.1 Å². The highest BCUT2D eigenvalue weighted by Gasteiger charge is 2.32. The van der Waals surface area contributed by atoms with E-state index in [2.05, 4.69) is 10.1 Å². The van der Waals surface area contributed by atoms with Crippen molar-refractivity contribution in [2.45, 2.75) is 32.6 Å². The molecule has 0 saturated carbocycles. The number of hydrogen-bond acceptors (Lipinski definition) is 5. The molecule has 2 aromatic heterocycles. The SMILES string of the molecule is Cc1ccc(CS(=O)(=O)N2CCc3c(c(-c4ncc(C)o4)nn3C)C2)cc1. The smallest absolute Gasteiger partial charge is 0.247 e. The normalized spacial score (nSPS) is 15.1. The van der Waals surface area contributed by atoms with Gasteiger partial charge in [0.05, 0.1) is 11.9 Å². The van der Waals surface area contributed by atoms with Gasteiger partial charge in [-0.1, -0.05) is 29.8 Å². The molecule has 0 aliphatic carbocycles. The lowest BCUT2D eigenvalue weighted by Crippen LogP contribution is -2.37. The molecule has 1 aliphatic heterocycles. The summed E-state index contributed by atoms with van der Waals surface area (Å²) in [7, 11) is -1.56. The summed E-state index contributed by atoms with van der Waals surface area (Å²) in [6.45, 7) is 4.54. The Labute approximate surface area is 158 Å². The van der Waals surface area contributed by atoms with Crippen molar-refractivity contribution in [3.05, 3.63) is 58.6 Å². The summed E-state index contributed by atoms with van der Waals surface area (Å²) < 4.78 is 34.9. The Morgan fingerprint density at radius 3 is 2.59 bits per heavy atom. The molecular weight excluding hydrogens is 364 g/mol. The first-order valence-electron chi connectivity index (χ1n) is 8.84. The van der Waals surface area contributed by atoms with Crippen LogP contribution in [0.4, 0.5) is 0 Å². The maximum atomic E-state index is 13.0. The van der Waals surface area contributed by atoms with Gasteiger partial charge < -0.3 is 4.42 Å². The highest BCUT2D eigenvalue weighted by molar-refractivity contribution is 7.88. The van der Waals surface area contributed by atoms with Crippen molar-refractivity contribution >= 4 is 10.0 Å². The molecule has 0 bridgehead atoms. The minimum absolute atomic E-state index is 0.00365. The van der Waals surface area contributed by atoms with Crippen molar-refractivity contribution < 1.29 is 12.8 Å². The molecule has 1 aliphatic rings. The molecule has 142 valence electrons. The number of nitrogens with zero attached hydrogens (tertiary/aromatic N) is 4. The van der Waals surface area contributed by atoms with E-state index in [9.17, 15) is 8.42 Å². The van der Waals surface area contributed by atoms with E-state index in [0.717, 1.165) is 22.4 Å². The summed E-state index contributed by atoms with van der Waals surface area (Å²) in [4.78, 5) is 4.26. The Hall–Kier alpha value is -2.45. The van der Waals surface area contributed by atoms with Crippen LogP contribution in [0.3, 0.4) is 0 Å². The van der Waals surface area contributed by atoms with Crippen LogP contribution < -0.4 is 0 Å². The van der Waals surface area contributed by atoms with Gasteiger partial charge in [0.25, 0.3) is 0 Å². The zero-order chi connectivity index (χ0) is 19.2. The van der Waals surface area contributed by atoms with Crippen molar-refractivity contribution in [3.8, 4) is 11.6 Å². The fourth-order valence-electron chi connectivity index (χ4n) is 3.43. The van der Waals surface area contributed by atoms with E-state index in [1.807, 2.05) is 45.2 Å². The Morgan fingerprint density at radius 2 is 1.93 bits per heavy atom. The van der Waals surface area contributed by atoms with Crippen LogP contribution in [0, 0.1) is 13.8 Å². The Morgan fingerprint density at radius 1 is 1.19 bits per heavy atom. The second kappa shape index (κ2) is 6.61. The monoisotopic (exact) mass is 386 g/mol. The van der Waals surface area contributed by atoms with Gasteiger partial charge in [0.1, 0.15) is 5.76 Å². The molecule has 1 aromatic carbocycles. The van der Waals surface area contributed by atoms with Gasteiger partial charge in [-0.05, 0) is 19.4 Å². The van der Waals surface area contributed by atoms with E-state index in [0.29, 0.717) is 30.3 Å². The molecule has 0 saturated heterocycles. The van der Waals surface area contributed by atoms with Gasteiger partial charge in [-0.25, -0.2) is 13.4 Å². The highest BCUT2D eigenvalue weighted by Crippen LogP contribution is 2.31. The number of sulfonamides is 1. The second-order valence-electron chi connectivity index (χ2n) is 7.00. The predicted molar refractivity (Wildman–Crippen MR) is 101 cm³/mol. The summed E-state index contributed by atoms with van der Waals surface area (Å²) in [5.74, 6) is 1.13. The fourth-order valence-corrected chi connectivity index (χ4v) is 4.92. The predicted octanol–water partition coefficient (Wildman–Crippen LogP) is 2.58. The number of oxazole rings is 1. The van der Waals surface area contributed by atoms with Crippen LogP contribution in [-0.2, 0) is 35.8 Å². The molecule has 0 spiro atoms. The Balaban J connectivity index is 1.63. The van der Waals surface area contributed by atoms with E-state index in [1.165, 1.54) is 4.31 Å². The summed E-state index contributed by atoms with van der Waals surface area (Å²) in [6, 6.07) is 7.60. The van der Waals surface area contributed by atoms with Crippen molar-refractivity contribution in [3.63, 3.8) is 0 Å². The third-order valence-corrected chi connectivity index (χ3v) is 6.69. The quantitative estimate of drug-likeness (QED) is 0.688. The number of aryl methyl sites for hydroxylation is 3. The maximum Gasteiger partial charge on any atom is 0.247 e. The molecule has 3 heterocycles. The lowest BCUT2D eigenvalue weighted by molar-refractivity contribution is 0.385. The van der Waals surface area contributed by atoms with Gasteiger partial charge in [-0.3, -0.25) is 4.68 Å². The van der Waals surface area contributed by atoms with Crippen LogP contribution in [-0.4, -0.2) is 34.0 Å². The molecule has 7 nitrogen and oxygen atoms in total. The molecule has 8 heteroatoms. The van der Waals surface area contributed by atoms with E-state index in [-0.39, 0.29) is 12.3 Å². The van der Waals surface area contributed by atoms with Gasteiger partial charge in [0.15, 0.2) is 5.69 Å². The number of benzene rings is 1. The molecule has 0 unspecified atom stereocenters. The Kier molecular flexibility index (Phi) is 4.39. The number of hydrogen-bond donors (Lipinski definition) is 0. The summed E-state index contributed by atoms with van der Waals surface area (Å²) in [5.41, 5.74) is 4.43. The number of rotatable bonds is 4. The van der Waals surface area contributed by atoms with E-state index < -0.39 is 10.0 Å². The molecule has 0 amide bonds. The standard InChI is InChI=1S/C19H22N4O3S/c1-13-4-6-15(7-5-13)12-27(24,25)23-9-8-17-16(11-23)18(21-22(17)3)19-20-10-14(2)26-19/h4-7,10H,8-9,11-12H2,1-3H3. The zero-order valence-corrected chi connectivity index (χ0v) is 16.5. The topological polar surface area (TPSA) is 81.2 Å². The van der Waals surface area contributed by atoms with Gasteiger partial charge >= 0.3 is 0 Å². The van der Waals surface area contributed by atoms with Gasteiger partial charge in [0.2, 0.25) is 15.9 Å². The van der Waals surface area contributed by atoms with Crippen molar-refractivity contribution in [2.24, 2.45) is 7.05 Å². The maximum absolute atomic E-state index is 13.0. The largest absolute Gasteiger partial charge is 0.440 e. The molecule has 0 fully saturated rings. The molecule has 0 N–H and O–H groups in total. The van der Waals surface area contributed by atoms with Crippen LogP contribution in [0.25, 0.3) is 11.6 Å². The molecule has 3 aromatic rings. The van der Waals surface area contributed by atoms with E-state index in [1.54, 1.807) is 10.9 Å². The zero-order valence-electron chi connectivity index (χ0n) is 15.6. The third kappa shape index (κ3) is 3.42. The summed E-state index contributed by atoms with van der Waals surface area (Å²) in [6.07, 6.45) is 2.26. The average molecular weight is 386 g/mol. The number of aromatic nitrogens is 3. The van der Waals surface area contributed by atoms with Crippen molar-refractivity contribution in [2.75, 3.05) is 6.54 Å². The van der Waals surface area contributed by atoms with Crippen LogP contribution in [0.15, 0.2) is 34.9 Å². The minimum Gasteiger partial charge on any atom is -0.440 e. The van der Waals surface area contributed by atoms with Gasteiger partial charge in [-0.2, -0.15) is 9.40 Å².